The van der Waals surface area contributed by atoms with E-state index in [1.807, 2.05) is 6.07 Å². The number of pyridine rings is 1. The van der Waals surface area contributed by atoms with E-state index >= 15 is 0 Å². The molecule has 0 aliphatic rings. The van der Waals surface area contributed by atoms with E-state index in [2.05, 4.69) is 10.3 Å². The van der Waals surface area contributed by atoms with Gasteiger partial charge in [-0.05, 0) is 30.3 Å². The molecule has 1 N–H and O–H groups in total. The fraction of sp³-hybridized carbons (Fsp3) is 0. The summed E-state index contributed by atoms with van der Waals surface area (Å²) in [5, 5.41) is 12.9. The summed E-state index contributed by atoms with van der Waals surface area (Å²) in [6.07, 6.45) is 1.56. The van der Waals surface area contributed by atoms with Crippen molar-refractivity contribution in [2.24, 2.45) is 0 Å². The molecule has 84 valence electrons. The van der Waals surface area contributed by atoms with Crippen LogP contribution in [0.25, 0.3) is 0 Å². The van der Waals surface area contributed by atoms with Gasteiger partial charge in [-0.1, -0.05) is 23.2 Å². The standard InChI is InChI=1S/C12H7Cl2N3/c13-9-1-2-11(10(14)6-9)17-12-5-8(7-15)3-4-16-12/h1-6H,(H,16,17). The van der Waals surface area contributed by atoms with Crippen LogP contribution in [0, 0.1) is 11.3 Å². The lowest BCUT2D eigenvalue weighted by atomic mass is 10.2. The van der Waals surface area contributed by atoms with Crippen molar-refractivity contribution in [1.82, 2.24) is 4.98 Å². The van der Waals surface area contributed by atoms with E-state index in [9.17, 15) is 0 Å². The molecule has 1 aromatic heterocycles. The minimum atomic E-state index is 0.502. The normalized spacial score (nSPS) is 9.71. The monoisotopic (exact) mass is 263 g/mol. The van der Waals surface area contributed by atoms with Gasteiger partial charge in [0.2, 0.25) is 0 Å². The summed E-state index contributed by atoms with van der Waals surface area (Å²) in [5.41, 5.74) is 1.23. The molecule has 3 nitrogen and oxygen atoms in total. The number of nitrogens with one attached hydrogen (secondary N) is 1. The van der Waals surface area contributed by atoms with Crippen molar-refractivity contribution < 1.29 is 0 Å². The van der Waals surface area contributed by atoms with Gasteiger partial charge in [-0.2, -0.15) is 5.26 Å². The number of hydrogen-bond donors (Lipinski definition) is 1. The largest absolute Gasteiger partial charge is 0.339 e. The minimum absolute atomic E-state index is 0.502. The minimum Gasteiger partial charge on any atom is -0.339 e. The summed E-state index contributed by atoms with van der Waals surface area (Å²) in [7, 11) is 0. The smallest absolute Gasteiger partial charge is 0.131 e. The topological polar surface area (TPSA) is 48.7 Å². The maximum absolute atomic E-state index is 8.77. The molecule has 5 heteroatoms. The van der Waals surface area contributed by atoms with Crippen molar-refractivity contribution in [1.29, 1.82) is 5.26 Å². The van der Waals surface area contributed by atoms with Crippen molar-refractivity contribution in [3.05, 3.63) is 52.1 Å². The molecule has 0 saturated carbocycles. The lowest BCUT2D eigenvalue weighted by Crippen LogP contribution is -1.94. The molecule has 0 atom stereocenters. The lowest BCUT2D eigenvalue weighted by molar-refractivity contribution is 1.29. The van der Waals surface area contributed by atoms with Gasteiger partial charge in [-0.15, -0.1) is 0 Å². The average molecular weight is 264 g/mol. The Morgan fingerprint density at radius 3 is 2.71 bits per heavy atom. The number of aromatic nitrogens is 1. The van der Waals surface area contributed by atoms with E-state index in [0.29, 0.717) is 27.1 Å². The zero-order chi connectivity index (χ0) is 12.3. The highest BCUT2D eigenvalue weighted by molar-refractivity contribution is 6.36. The van der Waals surface area contributed by atoms with Crippen LogP contribution in [0.5, 0.6) is 0 Å². The summed E-state index contributed by atoms with van der Waals surface area (Å²) >= 11 is 11.8. The van der Waals surface area contributed by atoms with Crippen molar-refractivity contribution in [3.63, 3.8) is 0 Å². The summed E-state index contributed by atoms with van der Waals surface area (Å²) in [5.74, 6) is 0.563. The second kappa shape index (κ2) is 5.05. The number of rotatable bonds is 2. The van der Waals surface area contributed by atoms with E-state index < -0.39 is 0 Å². The lowest BCUT2D eigenvalue weighted by Gasteiger charge is -2.07. The summed E-state index contributed by atoms with van der Waals surface area (Å²) in [6.45, 7) is 0. The van der Waals surface area contributed by atoms with Gasteiger partial charge in [0.15, 0.2) is 0 Å². The van der Waals surface area contributed by atoms with Crippen LogP contribution in [0.4, 0.5) is 11.5 Å². The summed E-state index contributed by atoms with van der Waals surface area (Å²) in [6, 6.07) is 10.4. The number of hydrogen-bond acceptors (Lipinski definition) is 3. The van der Waals surface area contributed by atoms with Gasteiger partial charge in [0.25, 0.3) is 0 Å². The molecule has 0 amide bonds. The van der Waals surface area contributed by atoms with Gasteiger partial charge in [-0.3, -0.25) is 0 Å². The van der Waals surface area contributed by atoms with Gasteiger partial charge in [-0.25, -0.2) is 4.98 Å². The molecular formula is C12H7Cl2N3. The highest BCUT2D eigenvalue weighted by atomic mass is 35.5. The van der Waals surface area contributed by atoms with Crippen molar-refractivity contribution in [2.45, 2.75) is 0 Å². The molecular weight excluding hydrogens is 257 g/mol. The number of nitriles is 1. The molecule has 0 aliphatic carbocycles. The Labute approximate surface area is 109 Å². The number of nitrogens with zero attached hydrogens (tertiary/aromatic N) is 2. The van der Waals surface area contributed by atoms with Gasteiger partial charge in [0.1, 0.15) is 5.82 Å². The van der Waals surface area contributed by atoms with Crippen molar-refractivity contribution in [3.8, 4) is 6.07 Å². The molecule has 0 radical (unpaired) electrons. The van der Waals surface area contributed by atoms with Gasteiger partial charge < -0.3 is 5.32 Å². The van der Waals surface area contributed by atoms with E-state index in [1.54, 1.807) is 36.5 Å². The molecule has 2 rings (SSSR count). The molecule has 0 aliphatic heterocycles. The Bertz CT molecular complexity index is 591. The Morgan fingerprint density at radius 1 is 1.18 bits per heavy atom. The second-order valence-electron chi connectivity index (χ2n) is 3.29. The maximum Gasteiger partial charge on any atom is 0.131 e. The van der Waals surface area contributed by atoms with Gasteiger partial charge >= 0.3 is 0 Å². The summed E-state index contributed by atoms with van der Waals surface area (Å²) in [4.78, 5) is 4.09. The predicted molar refractivity (Wildman–Crippen MR) is 68.7 cm³/mol. The molecule has 1 heterocycles. The molecule has 0 spiro atoms. The predicted octanol–water partition coefficient (Wildman–Crippen LogP) is 4.00. The van der Waals surface area contributed by atoms with Crippen LogP contribution in [0.2, 0.25) is 10.0 Å². The first kappa shape index (κ1) is 11.7. The Balaban J connectivity index is 2.28. The van der Waals surface area contributed by atoms with Crippen LogP contribution < -0.4 is 5.32 Å². The number of benzene rings is 1. The first-order valence-corrected chi connectivity index (χ1v) is 5.53. The summed E-state index contributed by atoms with van der Waals surface area (Å²) < 4.78 is 0. The van der Waals surface area contributed by atoms with Crippen LogP contribution in [0.1, 0.15) is 5.56 Å². The van der Waals surface area contributed by atoms with Crippen molar-refractivity contribution in [2.75, 3.05) is 5.32 Å². The Hall–Kier alpha value is -1.76. The highest BCUT2D eigenvalue weighted by Gasteiger charge is 2.03. The van der Waals surface area contributed by atoms with Gasteiger partial charge in [0.05, 0.1) is 22.3 Å². The third-order valence-electron chi connectivity index (χ3n) is 2.08. The molecule has 0 saturated heterocycles. The SMILES string of the molecule is N#Cc1ccnc(Nc2ccc(Cl)cc2Cl)c1. The molecule has 0 fully saturated rings. The fourth-order valence-electron chi connectivity index (χ4n) is 1.30. The quantitative estimate of drug-likeness (QED) is 0.891. The Morgan fingerprint density at radius 2 is 2.00 bits per heavy atom. The number of halogens is 2. The van der Waals surface area contributed by atoms with Crippen LogP contribution in [-0.2, 0) is 0 Å². The fourth-order valence-corrected chi connectivity index (χ4v) is 1.75. The van der Waals surface area contributed by atoms with Crippen LogP contribution in [-0.4, -0.2) is 4.98 Å². The average Bonchev–Trinajstić information content (AvgIpc) is 2.33. The molecule has 1 aromatic carbocycles. The van der Waals surface area contributed by atoms with E-state index in [4.69, 9.17) is 28.5 Å². The maximum atomic E-state index is 8.77. The zero-order valence-corrected chi connectivity index (χ0v) is 10.1. The second-order valence-corrected chi connectivity index (χ2v) is 4.13. The van der Waals surface area contributed by atoms with E-state index in [1.165, 1.54) is 0 Å². The molecule has 17 heavy (non-hydrogen) atoms. The van der Waals surface area contributed by atoms with Crippen molar-refractivity contribution >= 4 is 34.7 Å². The molecule has 0 unspecified atom stereocenters. The molecule has 0 bridgehead atoms. The number of anilines is 2. The Kier molecular flexibility index (Phi) is 3.48. The third-order valence-corrected chi connectivity index (χ3v) is 2.63. The third kappa shape index (κ3) is 2.88. The highest BCUT2D eigenvalue weighted by Crippen LogP contribution is 2.27. The van der Waals surface area contributed by atoms with Gasteiger partial charge in [0, 0.05) is 11.2 Å². The van der Waals surface area contributed by atoms with E-state index in [-0.39, 0.29) is 0 Å². The van der Waals surface area contributed by atoms with Crippen LogP contribution in [0.15, 0.2) is 36.5 Å². The van der Waals surface area contributed by atoms with Crippen LogP contribution >= 0.6 is 23.2 Å². The van der Waals surface area contributed by atoms with E-state index in [0.717, 1.165) is 0 Å². The first-order chi connectivity index (χ1) is 8.19. The first-order valence-electron chi connectivity index (χ1n) is 4.77. The molecule has 2 aromatic rings. The zero-order valence-electron chi connectivity index (χ0n) is 8.61. The van der Waals surface area contributed by atoms with Crippen LogP contribution in [0.3, 0.4) is 0 Å².